The average Bonchev–Trinajstić information content (AvgIpc) is 2.90. The van der Waals surface area contributed by atoms with Crippen LogP contribution in [0.25, 0.3) is 0 Å². The molecule has 0 bridgehead atoms. The maximum Gasteiger partial charge on any atom is 0.233 e. The molecule has 0 radical (unpaired) electrons. The predicted octanol–water partition coefficient (Wildman–Crippen LogP) is 0.400. The molecule has 4 atom stereocenters. The quantitative estimate of drug-likeness (QED) is 0.705. The Morgan fingerprint density at radius 2 is 1.75 bits per heavy atom. The van der Waals surface area contributed by atoms with Gasteiger partial charge in [0.05, 0.1) is 11.8 Å². The van der Waals surface area contributed by atoms with Gasteiger partial charge in [-0.05, 0) is 31.1 Å². The van der Waals surface area contributed by atoms with Crippen LogP contribution in [0, 0.1) is 23.7 Å². The number of carbonyl (C=O) groups is 2. The van der Waals surface area contributed by atoms with E-state index < -0.39 is 0 Å². The molecule has 1 aliphatic heterocycles. The van der Waals surface area contributed by atoms with Gasteiger partial charge in [0, 0.05) is 13.2 Å². The fourth-order valence-electron chi connectivity index (χ4n) is 3.26. The molecular weight excluding hydrogens is 206 g/mol. The van der Waals surface area contributed by atoms with E-state index in [1.54, 1.807) is 0 Å². The molecule has 1 N–H and O–H groups in total. The van der Waals surface area contributed by atoms with E-state index in [-0.39, 0.29) is 36.2 Å². The lowest BCUT2D eigenvalue weighted by molar-refractivity contribution is -0.142. The van der Waals surface area contributed by atoms with Crippen molar-refractivity contribution in [1.29, 1.82) is 0 Å². The van der Waals surface area contributed by atoms with Crippen LogP contribution in [0.2, 0.25) is 0 Å². The Morgan fingerprint density at radius 1 is 1.12 bits per heavy atom. The fraction of sp³-hybridized carbons (Fsp3) is 0.833. The lowest BCUT2D eigenvalue weighted by Crippen LogP contribution is -2.38. The summed E-state index contributed by atoms with van der Waals surface area (Å²) in [6.45, 7) is 0.740. The number of likely N-dealkylation sites (tertiary alicyclic amines) is 1. The Balaban J connectivity index is 1.66. The van der Waals surface area contributed by atoms with Crippen LogP contribution in [-0.4, -0.2) is 35.0 Å². The minimum absolute atomic E-state index is 0.0153. The number of fused-ring (bicyclic) bond motifs is 1. The molecule has 1 saturated heterocycles. The van der Waals surface area contributed by atoms with E-state index in [0.717, 1.165) is 25.7 Å². The number of piperidine rings is 1. The molecule has 3 fully saturated rings. The Bertz CT molecular complexity index is 321. The summed E-state index contributed by atoms with van der Waals surface area (Å²) in [5.74, 6) is 0.730. The first-order valence-corrected chi connectivity index (χ1v) is 6.18. The number of rotatable bonds is 3. The van der Waals surface area contributed by atoms with Gasteiger partial charge in [0.2, 0.25) is 11.8 Å². The maximum absolute atomic E-state index is 11.8. The number of carbonyl (C=O) groups excluding carboxylic acids is 2. The SMILES string of the molecule is O=C1C2CC2C(=O)N1CC1CCCC1CO. The molecule has 0 spiro atoms. The van der Waals surface area contributed by atoms with Crippen molar-refractivity contribution < 1.29 is 14.7 Å². The number of nitrogens with zero attached hydrogens (tertiary/aromatic N) is 1. The van der Waals surface area contributed by atoms with E-state index in [9.17, 15) is 14.7 Å². The second-order valence-electron chi connectivity index (χ2n) is 5.37. The zero-order chi connectivity index (χ0) is 11.3. The molecule has 0 aromatic heterocycles. The fourth-order valence-corrected chi connectivity index (χ4v) is 3.26. The number of aliphatic hydroxyl groups is 1. The van der Waals surface area contributed by atoms with Crippen LogP contribution in [0.1, 0.15) is 25.7 Å². The van der Waals surface area contributed by atoms with E-state index in [1.165, 1.54) is 4.90 Å². The topological polar surface area (TPSA) is 57.6 Å². The summed E-state index contributed by atoms with van der Waals surface area (Å²) in [7, 11) is 0. The molecule has 3 rings (SSSR count). The number of imide groups is 1. The van der Waals surface area contributed by atoms with Gasteiger partial charge in [0.25, 0.3) is 0 Å². The Kier molecular flexibility index (Phi) is 2.28. The van der Waals surface area contributed by atoms with E-state index in [0.29, 0.717) is 12.5 Å². The highest BCUT2D eigenvalue weighted by Crippen LogP contribution is 2.47. The van der Waals surface area contributed by atoms with Gasteiger partial charge < -0.3 is 5.11 Å². The lowest BCUT2D eigenvalue weighted by Gasteiger charge is -2.24. The summed E-state index contributed by atoms with van der Waals surface area (Å²) < 4.78 is 0. The van der Waals surface area contributed by atoms with Crippen molar-refractivity contribution in [2.24, 2.45) is 23.7 Å². The molecule has 0 aromatic rings. The van der Waals surface area contributed by atoms with Crippen molar-refractivity contribution in [3.8, 4) is 0 Å². The van der Waals surface area contributed by atoms with Gasteiger partial charge in [0.15, 0.2) is 0 Å². The molecular formula is C12H17NO3. The first kappa shape index (κ1) is 10.3. The number of aliphatic hydroxyl groups excluding tert-OH is 1. The number of amides is 2. The Labute approximate surface area is 94.6 Å². The second kappa shape index (κ2) is 3.55. The third-order valence-corrected chi connectivity index (χ3v) is 4.42. The highest BCUT2D eigenvalue weighted by atomic mass is 16.3. The van der Waals surface area contributed by atoms with E-state index in [1.807, 2.05) is 0 Å². The highest BCUT2D eigenvalue weighted by Gasteiger charge is 2.59. The Morgan fingerprint density at radius 3 is 2.38 bits per heavy atom. The zero-order valence-corrected chi connectivity index (χ0v) is 9.26. The average molecular weight is 223 g/mol. The minimum atomic E-state index is 0.0153. The molecule has 2 saturated carbocycles. The standard InChI is InChI=1S/C12H17NO3/c14-6-8-3-1-2-7(8)5-13-11(15)9-4-10(9)12(13)16/h7-10,14H,1-6H2. The summed E-state index contributed by atoms with van der Waals surface area (Å²) in [6.07, 6.45) is 3.96. The molecule has 0 aromatic carbocycles. The van der Waals surface area contributed by atoms with E-state index in [4.69, 9.17) is 0 Å². The first-order chi connectivity index (χ1) is 7.72. The zero-order valence-electron chi connectivity index (χ0n) is 9.26. The van der Waals surface area contributed by atoms with Crippen molar-refractivity contribution in [3.05, 3.63) is 0 Å². The van der Waals surface area contributed by atoms with Crippen molar-refractivity contribution >= 4 is 11.8 Å². The smallest absolute Gasteiger partial charge is 0.233 e. The molecule has 88 valence electrons. The monoisotopic (exact) mass is 223 g/mol. The Hall–Kier alpha value is -0.900. The van der Waals surface area contributed by atoms with Gasteiger partial charge >= 0.3 is 0 Å². The van der Waals surface area contributed by atoms with Gasteiger partial charge in [-0.1, -0.05) is 6.42 Å². The molecule has 2 amide bonds. The van der Waals surface area contributed by atoms with Crippen LogP contribution in [-0.2, 0) is 9.59 Å². The van der Waals surface area contributed by atoms with Crippen LogP contribution in [0.3, 0.4) is 0 Å². The largest absolute Gasteiger partial charge is 0.396 e. The maximum atomic E-state index is 11.8. The van der Waals surface area contributed by atoms with Crippen LogP contribution in [0.5, 0.6) is 0 Å². The second-order valence-corrected chi connectivity index (χ2v) is 5.37. The van der Waals surface area contributed by atoms with E-state index >= 15 is 0 Å². The first-order valence-electron chi connectivity index (χ1n) is 6.18. The molecule has 4 heteroatoms. The molecule has 3 aliphatic rings. The number of hydrogen-bond donors (Lipinski definition) is 1. The van der Waals surface area contributed by atoms with Gasteiger partial charge in [0.1, 0.15) is 0 Å². The van der Waals surface area contributed by atoms with Crippen LogP contribution >= 0.6 is 0 Å². The van der Waals surface area contributed by atoms with Gasteiger partial charge in [-0.15, -0.1) is 0 Å². The normalized spacial score (nSPS) is 41.7. The van der Waals surface area contributed by atoms with Crippen molar-refractivity contribution in [2.75, 3.05) is 13.2 Å². The summed E-state index contributed by atoms with van der Waals surface area (Å²) >= 11 is 0. The van der Waals surface area contributed by atoms with Gasteiger partial charge in [-0.25, -0.2) is 0 Å². The van der Waals surface area contributed by atoms with Gasteiger partial charge in [-0.2, -0.15) is 0 Å². The van der Waals surface area contributed by atoms with Gasteiger partial charge in [-0.3, -0.25) is 14.5 Å². The molecule has 16 heavy (non-hydrogen) atoms. The van der Waals surface area contributed by atoms with Crippen molar-refractivity contribution in [3.63, 3.8) is 0 Å². The summed E-state index contributed by atoms with van der Waals surface area (Å²) in [5, 5.41) is 9.21. The van der Waals surface area contributed by atoms with E-state index in [2.05, 4.69) is 0 Å². The van der Waals surface area contributed by atoms with Crippen molar-refractivity contribution in [2.45, 2.75) is 25.7 Å². The minimum Gasteiger partial charge on any atom is -0.396 e. The van der Waals surface area contributed by atoms with Crippen molar-refractivity contribution in [1.82, 2.24) is 4.90 Å². The van der Waals surface area contributed by atoms with Crippen LogP contribution in [0.15, 0.2) is 0 Å². The lowest BCUT2D eigenvalue weighted by atomic mass is 9.96. The summed E-state index contributed by atoms with van der Waals surface area (Å²) in [4.78, 5) is 25.0. The van der Waals surface area contributed by atoms with Crippen LogP contribution < -0.4 is 0 Å². The molecule has 4 unspecified atom stereocenters. The third kappa shape index (κ3) is 1.39. The molecule has 4 nitrogen and oxygen atoms in total. The predicted molar refractivity (Wildman–Crippen MR) is 56.2 cm³/mol. The third-order valence-electron chi connectivity index (χ3n) is 4.42. The highest BCUT2D eigenvalue weighted by molar-refractivity contribution is 6.08. The summed E-state index contributed by atoms with van der Waals surface area (Å²) in [5.41, 5.74) is 0. The van der Waals surface area contributed by atoms with Crippen LogP contribution in [0.4, 0.5) is 0 Å². The molecule has 2 aliphatic carbocycles. The number of hydrogen-bond acceptors (Lipinski definition) is 3. The molecule has 1 heterocycles. The summed E-state index contributed by atoms with van der Waals surface area (Å²) in [6, 6.07) is 0.